The van der Waals surface area contributed by atoms with Gasteiger partial charge in [0.2, 0.25) is 0 Å². The number of thioether (sulfide) groups is 1. The molecular formula is C16H9BrClN3O3S. The van der Waals surface area contributed by atoms with Crippen LogP contribution < -0.4 is 5.32 Å². The predicted molar refractivity (Wildman–Crippen MR) is 103 cm³/mol. The van der Waals surface area contributed by atoms with Crippen LogP contribution in [-0.4, -0.2) is 16.0 Å². The molecule has 2 aromatic rings. The maximum absolute atomic E-state index is 12.1. The van der Waals surface area contributed by atoms with Crippen LogP contribution in [0.3, 0.4) is 0 Å². The second-order valence-electron chi connectivity index (χ2n) is 4.93. The first kappa shape index (κ1) is 17.7. The van der Waals surface area contributed by atoms with Crippen LogP contribution in [0, 0.1) is 10.1 Å². The first-order chi connectivity index (χ1) is 11.9. The predicted octanol–water partition coefficient (Wildman–Crippen LogP) is 4.90. The summed E-state index contributed by atoms with van der Waals surface area (Å²) in [6.07, 6.45) is 1.75. The van der Waals surface area contributed by atoms with E-state index in [1.54, 1.807) is 6.08 Å². The Morgan fingerprint density at radius 1 is 1.28 bits per heavy atom. The molecule has 25 heavy (non-hydrogen) atoms. The van der Waals surface area contributed by atoms with E-state index in [1.165, 1.54) is 30.0 Å². The molecule has 0 spiro atoms. The third-order valence-corrected chi connectivity index (χ3v) is 4.87. The van der Waals surface area contributed by atoms with Crippen LogP contribution in [0.1, 0.15) is 5.56 Å². The fourth-order valence-electron chi connectivity index (χ4n) is 2.04. The monoisotopic (exact) mass is 437 g/mol. The van der Waals surface area contributed by atoms with Crippen LogP contribution in [0.5, 0.6) is 0 Å². The van der Waals surface area contributed by atoms with Crippen molar-refractivity contribution in [3.63, 3.8) is 0 Å². The van der Waals surface area contributed by atoms with E-state index in [1.807, 2.05) is 24.3 Å². The van der Waals surface area contributed by atoms with Crippen molar-refractivity contribution >= 4 is 67.8 Å². The van der Waals surface area contributed by atoms with Crippen molar-refractivity contribution in [1.29, 1.82) is 0 Å². The third-order valence-electron chi connectivity index (χ3n) is 3.16. The molecule has 1 saturated heterocycles. The highest BCUT2D eigenvalue weighted by Crippen LogP contribution is 2.33. The molecule has 1 amide bonds. The van der Waals surface area contributed by atoms with Crippen molar-refractivity contribution in [1.82, 2.24) is 5.32 Å². The second kappa shape index (κ2) is 7.38. The number of nitro groups is 1. The SMILES string of the molecule is O=C1NC(=Nc2ccc([N+](=O)[O-])cc2Cl)S/C1=C/c1cccc(Br)c1. The topological polar surface area (TPSA) is 84.6 Å². The molecule has 1 fully saturated rings. The summed E-state index contributed by atoms with van der Waals surface area (Å²) in [6.45, 7) is 0. The van der Waals surface area contributed by atoms with E-state index in [2.05, 4.69) is 26.2 Å². The number of amides is 1. The summed E-state index contributed by atoms with van der Waals surface area (Å²) in [6, 6.07) is 11.5. The number of carbonyl (C=O) groups excluding carboxylic acids is 1. The van der Waals surface area contributed by atoms with Gasteiger partial charge in [-0.2, -0.15) is 0 Å². The van der Waals surface area contributed by atoms with Gasteiger partial charge in [-0.25, -0.2) is 4.99 Å². The lowest BCUT2D eigenvalue weighted by molar-refractivity contribution is -0.384. The molecule has 0 saturated carbocycles. The van der Waals surface area contributed by atoms with Gasteiger partial charge in [0, 0.05) is 16.6 Å². The average molecular weight is 439 g/mol. The number of hydrogen-bond acceptors (Lipinski definition) is 5. The number of hydrogen-bond donors (Lipinski definition) is 1. The summed E-state index contributed by atoms with van der Waals surface area (Å²) in [5, 5.41) is 13.9. The standard InChI is InChI=1S/C16H9BrClN3O3S/c17-10-3-1-2-9(6-10)7-14-15(22)20-16(25-14)19-13-5-4-11(21(23)24)8-12(13)18/h1-8H,(H,19,20,22)/b14-7+. The van der Waals surface area contributed by atoms with Gasteiger partial charge < -0.3 is 5.32 Å². The normalized spacial score (nSPS) is 17.1. The van der Waals surface area contributed by atoms with Crippen molar-refractivity contribution in [3.05, 3.63) is 72.5 Å². The molecule has 126 valence electrons. The van der Waals surface area contributed by atoms with Crippen LogP contribution in [0.4, 0.5) is 11.4 Å². The van der Waals surface area contributed by atoms with Gasteiger partial charge >= 0.3 is 0 Å². The smallest absolute Gasteiger partial charge is 0.271 e. The molecule has 0 aromatic heterocycles. The molecule has 1 heterocycles. The van der Waals surface area contributed by atoms with Crippen LogP contribution in [0.25, 0.3) is 6.08 Å². The van der Waals surface area contributed by atoms with E-state index in [4.69, 9.17) is 11.6 Å². The molecule has 3 rings (SSSR count). The summed E-state index contributed by atoms with van der Waals surface area (Å²) >= 11 is 10.6. The van der Waals surface area contributed by atoms with Gasteiger partial charge in [-0.3, -0.25) is 14.9 Å². The number of halogens is 2. The minimum absolute atomic E-state index is 0.118. The van der Waals surface area contributed by atoms with Crippen molar-refractivity contribution in [2.24, 2.45) is 4.99 Å². The summed E-state index contributed by atoms with van der Waals surface area (Å²) in [4.78, 5) is 27.0. The zero-order valence-electron chi connectivity index (χ0n) is 12.4. The average Bonchev–Trinajstić information content (AvgIpc) is 2.88. The molecule has 0 atom stereocenters. The molecule has 9 heteroatoms. The molecule has 6 nitrogen and oxygen atoms in total. The largest absolute Gasteiger partial charge is 0.300 e. The number of rotatable bonds is 3. The number of nitrogens with zero attached hydrogens (tertiary/aromatic N) is 2. The number of nitrogens with one attached hydrogen (secondary N) is 1. The van der Waals surface area contributed by atoms with Crippen LogP contribution in [0.15, 0.2) is 56.8 Å². The van der Waals surface area contributed by atoms with Gasteiger partial charge in [-0.15, -0.1) is 0 Å². The van der Waals surface area contributed by atoms with Gasteiger partial charge in [0.25, 0.3) is 11.6 Å². The van der Waals surface area contributed by atoms with Gasteiger partial charge in [0.1, 0.15) is 0 Å². The number of amidine groups is 1. The maximum atomic E-state index is 12.1. The first-order valence-electron chi connectivity index (χ1n) is 6.91. The lowest BCUT2D eigenvalue weighted by Gasteiger charge is -1.99. The van der Waals surface area contributed by atoms with E-state index in [9.17, 15) is 14.9 Å². The Morgan fingerprint density at radius 2 is 2.08 bits per heavy atom. The van der Waals surface area contributed by atoms with Crippen molar-refractivity contribution in [2.75, 3.05) is 0 Å². The lowest BCUT2D eigenvalue weighted by Crippen LogP contribution is -2.19. The summed E-state index contributed by atoms with van der Waals surface area (Å²) < 4.78 is 0.914. The van der Waals surface area contributed by atoms with Crippen molar-refractivity contribution in [2.45, 2.75) is 0 Å². The van der Waals surface area contributed by atoms with Crippen LogP contribution in [0.2, 0.25) is 5.02 Å². The fourth-order valence-corrected chi connectivity index (χ4v) is 3.51. The molecule has 1 aliphatic heterocycles. The molecule has 0 radical (unpaired) electrons. The van der Waals surface area contributed by atoms with Crippen molar-refractivity contribution in [3.8, 4) is 0 Å². The van der Waals surface area contributed by atoms with E-state index in [0.29, 0.717) is 15.8 Å². The van der Waals surface area contributed by atoms with Crippen molar-refractivity contribution < 1.29 is 9.72 Å². The minimum atomic E-state index is -0.534. The second-order valence-corrected chi connectivity index (χ2v) is 7.28. The Bertz CT molecular complexity index is 946. The Labute approximate surface area is 160 Å². The highest BCUT2D eigenvalue weighted by atomic mass is 79.9. The van der Waals surface area contributed by atoms with Gasteiger partial charge in [0.05, 0.1) is 20.5 Å². The summed E-state index contributed by atoms with van der Waals surface area (Å²) in [5.74, 6) is -0.262. The quantitative estimate of drug-likeness (QED) is 0.419. The van der Waals surface area contributed by atoms with Gasteiger partial charge in [-0.05, 0) is 41.6 Å². The van der Waals surface area contributed by atoms with Gasteiger partial charge in [-0.1, -0.05) is 39.7 Å². The number of benzene rings is 2. The molecule has 0 unspecified atom stereocenters. The molecule has 1 aliphatic rings. The summed E-state index contributed by atoms with van der Waals surface area (Å²) in [7, 11) is 0. The lowest BCUT2D eigenvalue weighted by atomic mass is 10.2. The molecule has 0 bridgehead atoms. The zero-order chi connectivity index (χ0) is 18.0. The first-order valence-corrected chi connectivity index (χ1v) is 8.90. The number of nitro benzene ring substituents is 1. The van der Waals surface area contributed by atoms with E-state index in [-0.39, 0.29) is 16.6 Å². The van der Waals surface area contributed by atoms with Crippen LogP contribution >= 0.6 is 39.3 Å². The highest BCUT2D eigenvalue weighted by Gasteiger charge is 2.24. The number of carbonyl (C=O) groups is 1. The molecule has 1 N–H and O–H groups in total. The number of aliphatic imine (C=N–C) groups is 1. The fraction of sp³-hybridized carbons (Fsp3) is 0. The Morgan fingerprint density at radius 3 is 2.76 bits per heavy atom. The van der Waals surface area contributed by atoms with Crippen LogP contribution in [-0.2, 0) is 4.79 Å². The minimum Gasteiger partial charge on any atom is -0.300 e. The Balaban J connectivity index is 1.85. The van der Waals surface area contributed by atoms with E-state index < -0.39 is 4.92 Å². The molecule has 2 aromatic carbocycles. The molecular weight excluding hydrogens is 430 g/mol. The summed E-state index contributed by atoms with van der Waals surface area (Å²) in [5.41, 5.74) is 1.10. The molecule has 0 aliphatic carbocycles. The highest BCUT2D eigenvalue weighted by molar-refractivity contribution is 9.10. The van der Waals surface area contributed by atoms with Gasteiger partial charge in [0.15, 0.2) is 5.17 Å². The van der Waals surface area contributed by atoms with E-state index >= 15 is 0 Å². The zero-order valence-corrected chi connectivity index (χ0v) is 15.6. The number of non-ortho nitro benzene ring substituents is 1. The maximum Gasteiger partial charge on any atom is 0.271 e. The Hall–Kier alpha value is -2.16. The Kier molecular flexibility index (Phi) is 5.22. The van der Waals surface area contributed by atoms with E-state index in [0.717, 1.165) is 10.0 Å². The third kappa shape index (κ3) is 4.28.